The molecule has 116 valence electrons. The van der Waals surface area contributed by atoms with Crippen molar-refractivity contribution in [3.05, 3.63) is 23.4 Å². The maximum absolute atomic E-state index is 12.8. The molecule has 6 nitrogen and oxygen atoms in total. The summed E-state index contributed by atoms with van der Waals surface area (Å²) in [7, 11) is -3.99. The van der Waals surface area contributed by atoms with Crippen LogP contribution in [0.5, 0.6) is 0 Å². The molecule has 1 fully saturated rings. The Hall–Kier alpha value is -1.84. The number of alkyl halides is 3. The van der Waals surface area contributed by atoms with Crippen LogP contribution in [0, 0.1) is 6.92 Å². The summed E-state index contributed by atoms with van der Waals surface area (Å²) in [6, 6.07) is -0.126. The van der Waals surface area contributed by atoms with Gasteiger partial charge in [-0.3, -0.25) is 0 Å². The van der Waals surface area contributed by atoms with Gasteiger partial charge in [0.05, 0.1) is 11.3 Å². The molecular weight excluding hydrogens is 313 g/mol. The summed E-state index contributed by atoms with van der Waals surface area (Å²) in [5.41, 5.74) is -1.12. The molecule has 0 spiro atoms. The van der Waals surface area contributed by atoms with Crippen LogP contribution in [-0.4, -0.2) is 36.3 Å². The smallest absolute Gasteiger partial charge is 0.416 e. The third-order valence-electron chi connectivity index (χ3n) is 3.01. The van der Waals surface area contributed by atoms with Crippen molar-refractivity contribution in [2.45, 2.75) is 25.6 Å². The van der Waals surface area contributed by atoms with E-state index in [0.717, 1.165) is 6.07 Å². The zero-order valence-electron chi connectivity index (χ0n) is 10.8. The highest BCUT2D eigenvalue weighted by Crippen LogP contribution is 2.34. The van der Waals surface area contributed by atoms with Crippen molar-refractivity contribution in [3.63, 3.8) is 0 Å². The van der Waals surface area contributed by atoms with Crippen LogP contribution in [0.1, 0.15) is 17.7 Å². The third kappa shape index (κ3) is 2.94. The van der Waals surface area contributed by atoms with Crippen molar-refractivity contribution in [2.75, 3.05) is 10.1 Å². The molecule has 0 saturated carbocycles. The first-order chi connectivity index (χ1) is 9.52. The van der Waals surface area contributed by atoms with Crippen LogP contribution in [0.4, 0.5) is 19.0 Å². The predicted octanol–water partition coefficient (Wildman–Crippen LogP) is 1.40. The Bertz CT molecular complexity index is 687. The van der Waals surface area contributed by atoms with E-state index in [2.05, 4.69) is 4.98 Å². The van der Waals surface area contributed by atoms with Crippen molar-refractivity contribution < 1.29 is 31.5 Å². The molecule has 1 atom stereocenters. The Kier molecular flexibility index (Phi) is 3.60. The van der Waals surface area contributed by atoms with Gasteiger partial charge in [-0.05, 0) is 25.5 Å². The minimum Gasteiger partial charge on any atom is -0.480 e. The number of carboxylic acids is 1. The molecular formula is C11H11F3N2O4S. The standard InChI is InChI=1S/C11H11F3N2O4S/c1-6-4-7(11(12,13)14)5-9(15-6)16-8(10(17)18)2-3-21(16,19)20/h4-5,8H,2-3H2,1H3,(H,17,18)/t8-/m0/s1. The Balaban J connectivity index is 2.59. The monoisotopic (exact) mass is 324 g/mol. The summed E-state index contributed by atoms with van der Waals surface area (Å²) in [6.45, 7) is 1.28. The minimum atomic E-state index is -4.68. The lowest BCUT2D eigenvalue weighted by Crippen LogP contribution is -2.39. The molecule has 2 rings (SSSR count). The van der Waals surface area contributed by atoms with Crippen molar-refractivity contribution >= 4 is 21.8 Å². The van der Waals surface area contributed by atoms with Gasteiger partial charge in [-0.25, -0.2) is 22.5 Å². The zero-order chi connectivity index (χ0) is 16.0. The second-order valence-corrected chi connectivity index (χ2v) is 6.57. The molecule has 1 N–H and O–H groups in total. The van der Waals surface area contributed by atoms with Crippen LogP contribution in [0.2, 0.25) is 0 Å². The average Bonchev–Trinajstić information content (AvgIpc) is 2.63. The molecule has 0 bridgehead atoms. The van der Waals surface area contributed by atoms with Gasteiger partial charge >= 0.3 is 12.1 Å². The minimum absolute atomic E-state index is 0.0499. The van der Waals surface area contributed by atoms with Crippen molar-refractivity contribution in [3.8, 4) is 0 Å². The lowest BCUT2D eigenvalue weighted by molar-refractivity contribution is -0.138. The highest BCUT2D eigenvalue weighted by atomic mass is 32.2. The fourth-order valence-corrected chi connectivity index (χ4v) is 3.80. The number of nitrogens with zero attached hydrogens (tertiary/aromatic N) is 2. The normalized spacial score (nSPS) is 21.5. The van der Waals surface area contributed by atoms with Crippen LogP contribution in [0.15, 0.2) is 12.1 Å². The molecule has 1 aromatic rings. The second-order valence-electron chi connectivity index (χ2n) is 4.61. The number of aliphatic carboxylic acids is 1. The highest BCUT2D eigenvalue weighted by Gasteiger charge is 2.43. The number of halogens is 3. The number of aromatic nitrogens is 1. The summed E-state index contributed by atoms with van der Waals surface area (Å²) in [5, 5.41) is 9.02. The van der Waals surface area contributed by atoms with Crippen molar-refractivity contribution in [1.29, 1.82) is 0 Å². The van der Waals surface area contributed by atoms with Gasteiger partial charge in [0, 0.05) is 5.69 Å². The number of rotatable bonds is 2. The number of sulfonamides is 1. The summed E-state index contributed by atoms with van der Waals surface area (Å²) in [4.78, 5) is 14.8. The fourth-order valence-electron chi connectivity index (χ4n) is 2.12. The van der Waals surface area contributed by atoms with E-state index < -0.39 is 45.3 Å². The average molecular weight is 324 g/mol. The van der Waals surface area contributed by atoms with E-state index in [1.54, 1.807) is 0 Å². The van der Waals surface area contributed by atoms with Crippen LogP contribution in [0.3, 0.4) is 0 Å². The van der Waals surface area contributed by atoms with Gasteiger partial charge in [0.1, 0.15) is 11.9 Å². The van der Waals surface area contributed by atoms with Crippen LogP contribution in [-0.2, 0) is 21.0 Å². The molecule has 1 aliphatic heterocycles. The summed E-state index contributed by atoms with van der Waals surface area (Å²) in [6.07, 6.45) is -4.88. The van der Waals surface area contributed by atoms with E-state index in [9.17, 15) is 26.4 Å². The Morgan fingerprint density at radius 2 is 2.05 bits per heavy atom. The lowest BCUT2D eigenvalue weighted by Gasteiger charge is -2.22. The Labute approximate surface area is 118 Å². The highest BCUT2D eigenvalue weighted by molar-refractivity contribution is 7.93. The maximum Gasteiger partial charge on any atom is 0.416 e. The third-order valence-corrected chi connectivity index (χ3v) is 4.80. The van der Waals surface area contributed by atoms with Crippen molar-refractivity contribution in [1.82, 2.24) is 4.98 Å². The van der Waals surface area contributed by atoms with Crippen LogP contribution < -0.4 is 4.31 Å². The maximum atomic E-state index is 12.8. The molecule has 0 aliphatic carbocycles. The number of hydrogen-bond acceptors (Lipinski definition) is 4. The van der Waals surface area contributed by atoms with E-state index in [1.807, 2.05) is 0 Å². The number of carboxylic acid groups (broad SMARTS) is 1. The Morgan fingerprint density at radius 1 is 1.43 bits per heavy atom. The number of hydrogen-bond donors (Lipinski definition) is 1. The molecule has 0 radical (unpaired) electrons. The number of anilines is 1. The molecule has 10 heteroatoms. The molecule has 1 saturated heterocycles. The summed E-state index contributed by atoms with van der Waals surface area (Å²) < 4.78 is 62.6. The fraction of sp³-hybridized carbons (Fsp3) is 0.455. The molecule has 0 aromatic carbocycles. The van der Waals surface area contributed by atoms with E-state index in [1.165, 1.54) is 6.92 Å². The van der Waals surface area contributed by atoms with Gasteiger partial charge < -0.3 is 5.11 Å². The number of carbonyl (C=O) groups is 1. The van der Waals surface area contributed by atoms with Gasteiger partial charge in [-0.2, -0.15) is 13.2 Å². The predicted molar refractivity (Wildman–Crippen MR) is 66.3 cm³/mol. The molecule has 0 amide bonds. The van der Waals surface area contributed by atoms with E-state index >= 15 is 0 Å². The topological polar surface area (TPSA) is 87.6 Å². The lowest BCUT2D eigenvalue weighted by atomic mass is 10.2. The molecule has 0 unspecified atom stereocenters. The Morgan fingerprint density at radius 3 is 2.57 bits per heavy atom. The van der Waals surface area contributed by atoms with Crippen LogP contribution in [0.25, 0.3) is 0 Å². The molecule has 2 heterocycles. The van der Waals surface area contributed by atoms with Gasteiger partial charge in [0.15, 0.2) is 0 Å². The van der Waals surface area contributed by atoms with Crippen molar-refractivity contribution in [2.24, 2.45) is 0 Å². The first kappa shape index (κ1) is 15.5. The summed E-state index contributed by atoms with van der Waals surface area (Å²) >= 11 is 0. The van der Waals surface area contributed by atoms with Gasteiger partial charge in [0.25, 0.3) is 0 Å². The van der Waals surface area contributed by atoms with E-state index in [-0.39, 0.29) is 12.1 Å². The van der Waals surface area contributed by atoms with Gasteiger partial charge in [0.2, 0.25) is 10.0 Å². The second kappa shape index (κ2) is 4.86. The van der Waals surface area contributed by atoms with E-state index in [0.29, 0.717) is 10.4 Å². The van der Waals surface area contributed by atoms with Gasteiger partial charge in [-0.15, -0.1) is 0 Å². The molecule has 1 aliphatic rings. The number of aryl methyl sites for hydroxylation is 1. The first-order valence-corrected chi connectivity index (χ1v) is 7.44. The summed E-state index contributed by atoms with van der Waals surface area (Å²) in [5.74, 6) is -2.39. The van der Waals surface area contributed by atoms with Gasteiger partial charge in [-0.1, -0.05) is 0 Å². The molecule has 1 aromatic heterocycles. The first-order valence-electron chi connectivity index (χ1n) is 5.83. The quantitative estimate of drug-likeness (QED) is 0.888. The SMILES string of the molecule is Cc1cc(C(F)(F)F)cc(N2[C@H](C(=O)O)CCS2(=O)=O)n1. The van der Waals surface area contributed by atoms with E-state index in [4.69, 9.17) is 5.11 Å². The largest absolute Gasteiger partial charge is 0.480 e. The zero-order valence-corrected chi connectivity index (χ0v) is 11.6. The van der Waals surface area contributed by atoms with Crippen LogP contribution >= 0.6 is 0 Å². The number of pyridine rings is 1. The molecule has 21 heavy (non-hydrogen) atoms.